The molecule has 4 nitrogen and oxygen atoms in total. The molecule has 5 heteroatoms. The third-order valence-corrected chi connectivity index (χ3v) is 3.64. The normalized spacial score (nSPS) is 12.0. The van der Waals surface area contributed by atoms with Crippen molar-refractivity contribution in [2.45, 2.75) is 39.0 Å². The van der Waals surface area contributed by atoms with Crippen LogP contribution < -0.4 is 0 Å². The standard InChI is InChI=1S/C16H22ClNO3/c1-3-9-18(10-4-2)15(19)11-13(16(20)21)12-7-5-6-8-14(12)17/h5-8,13H,3-4,9-11H2,1-2H3,(H,20,21). The molecule has 0 aliphatic rings. The van der Waals surface area contributed by atoms with Gasteiger partial charge in [-0.25, -0.2) is 0 Å². The van der Waals surface area contributed by atoms with Gasteiger partial charge in [-0.2, -0.15) is 0 Å². The van der Waals surface area contributed by atoms with Gasteiger partial charge in [-0.1, -0.05) is 43.6 Å². The van der Waals surface area contributed by atoms with E-state index in [-0.39, 0.29) is 12.3 Å². The van der Waals surface area contributed by atoms with Crippen LogP contribution in [0.15, 0.2) is 24.3 Å². The van der Waals surface area contributed by atoms with Crippen molar-refractivity contribution in [1.29, 1.82) is 0 Å². The lowest BCUT2D eigenvalue weighted by atomic mass is 9.95. The van der Waals surface area contributed by atoms with E-state index in [1.54, 1.807) is 29.2 Å². The van der Waals surface area contributed by atoms with E-state index in [1.807, 2.05) is 13.8 Å². The molecule has 0 bridgehead atoms. The van der Waals surface area contributed by atoms with Gasteiger partial charge in [0.2, 0.25) is 5.91 Å². The highest BCUT2D eigenvalue weighted by atomic mass is 35.5. The maximum Gasteiger partial charge on any atom is 0.311 e. The van der Waals surface area contributed by atoms with Crippen molar-refractivity contribution < 1.29 is 14.7 Å². The van der Waals surface area contributed by atoms with Gasteiger partial charge in [0.25, 0.3) is 0 Å². The Bertz CT molecular complexity index is 484. The molecule has 116 valence electrons. The molecule has 1 aromatic rings. The van der Waals surface area contributed by atoms with Crippen LogP contribution in [0.3, 0.4) is 0 Å². The summed E-state index contributed by atoms with van der Waals surface area (Å²) < 4.78 is 0. The SMILES string of the molecule is CCCN(CCC)C(=O)CC(C(=O)O)c1ccccc1Cl. The first-order valence-electron chi connectivity index (χ1n) is 7.26. The van der Waals surface area contributed by atoms with E-state index < -0.39 is 11.9 Å². The van der Waals surface area contributed by atoms with Crippen LogP contribution in [0.4, 0.5) is 0 Å². The van der Waals surface area contributed by atoms with Crippen molar-refractivity contribution in [2.75, 3.05) is 13.1 Å². The van der Waals surface area contributed by atoms with E-state index in [4.69, 9.17) is 11.6 Å². The van der Waals surface area contributed by atoms with Crippen LogP contribution in [0, 0.1) is 0 Å². The molecule has 0 saturated heterocycles. The Kier molecular flexibility index (Phi) is 7.23. The second-order valence-corrected chi connectivity index (χ2v) is 5.40. The number of benzene rings is 1. The lowest BCUT2D eigenvalue weighted by Gasteiger charge is -2.23. The maximum atomic E-state index is 12.3. The van der Waals surface area contributed by atoms with Crippen molar-refractivity contribution in [3.63, 3.8) is 0 Å². The van der Waals surface area contributed by atoms with Gasteiger partial charge in [0.05, 0.1) is 5.92 Å². The third kappa shape index (κ3) is 5.05. The number of nitrogens with zero attached hydrogens (tertiary/aromatic N) is 1. The molecule has 0 spiro atoms. The van der Waals surface area contributed by atoms with Crippen LogP contribution >= 0.6 is 11.6 Å². The molecule has 0 aromatic heterocycles. The molecule has 1 rings (SSSR count). The van der Waals surface area contributed by atoms with Crippen LogP contribution in [-0.2, 0) is 9.59 Å². The highest BCUT2D eigenvalue weighted by Gasteiger charge is 2.27. The summed E-state index contributed by atoms with van der Waals surface area (Å²) in [7, 11) is 0. The van der Waals surface area contributed by atoms with Crippen molar-refractivity contribution in [1.82, 2.24) is 4.90 Å². The number of hydrogen-bond donors (Lipinski definition) is 1. The molecule has 1 amide bonds. The monoisotopic (exact) mass is 311 g/mol. The average molecular weight is 312 g/mol. The quantitative estimate of drug-likeness (QED) is 0.798. The van der Waals surface area contributed by atoms with Gasteiger partial charge in [-0.05, 0) is 24.5 Å². The second-order valence-electron chi connectivity index (χ2n) is 5.00. The van der Waals surface area contributed by atoms with E-state index in [9.17, 15) is 14.7 Å². The zero-order valence-electron chi connectivity index (χ0n) is 12.5. The molecular weight excluding hydrogens is 290 g/mol. The Morgan fingerprint density at radius 2 is 1.76 bits per heavy atom. The minimum atomic E-state index is -1.02. The third-order valence-electron chi connectivity index (χ3n) is 3.30. The van der Waals surface area contributed by atoms with E-state index in [1.165, 1.54) is 0 Å². The topological polar surface area (TPSA) is 57.6 Å². The number of carboxylic acids is 1. The fraction of sp³-hybridized carbons (Fsp3) is 0.500. The molecule has 21 heavy (non-hydrogen) atoms. The van der Waals surface area contributed by atoms with Gasteiger partial charge in [0.15, 0.2) is 0 Å². The largest absolute Gasteiger partial charge is 0.481 e. The molecule has 0 saturated carbocycles. The zero-order chi connectivity index (χ0) is 15.8. The van der Waals surface area contributed by atoms with Gasteiger partial charge in [0, 0.05) is 24.5 Å². The van der Waals surface area contributed by atoms with Gasteiger partial charge in [0.1, 0.15) is 0 Å². The van der Waals surface area contributed by atoms with Crippen molar-refractivity contribution in [3.05, 3.63) is 34.9 Å². The molecule has 0 aliphatic carbocycles. The fourth-order valence-corrected chi connectivity index (χ4v) is 2.56. The summed E-state index contributed by atoms with van der Waals surface area (Å²) in [6.45, 7) is 5.31. The number of rotatable bonds is 8. The molecular formula is C16H22ClNO3. The van der Waals surface area contributed by atoms with Crippen LogP contribution in [0.1, 0.15) is 44.6 Å². The van der Waals surface area contributed by atoms with Crippen molar-refractivity contribution >= 4 is 23.5 Å². The van der Waals surface area contributed by atoms with Gasteiger partial charge in [-0.3, -0.25) is 9.59 Å². The first kappa shape index (κ1) is 17.5. The van der Waals surface area contributed by atoms with Gasteiger partial charge in [-0.15, -0.1) is 0 Å². The first-order chi connectivity index (χ1) is 10.0. The Hall–Kier alpha value is -1.55. The molecule has 0 aliphatic heterocycles. The summed E-state index contributed by atoms with van der Waals surface area (Å²) in [6.07, 6.45) is 1.66. The summed E-state index contributed by atoms with van der Waals surface area (Å²) in [5, 5.41) is 9.80. The number of halogens is 1. The molecule has 1 unspecified atom stereocenters. The highest BCUT2D eigenvalue weighted by Crippen LogP contribution is 2.28. The average Bonchev–Trinajstić information content (AvgIpc) is 2.45. The van der Waals surface area contributed by atoms with Crippen LogP contribution in [0.5, 0.6) is 0 Å². The lowest BCUT2D eigenvalue weighted by Crippen LogP contribution is -2.34. The number of carbonyl (C=O) groups is 2. The van der Waals surface area contributed by atoms with Crippen molar-refractivity contribution in [3.8, 4) is 0 Å². The molecule has 0 fully saturated rings. The number of hydrogen-bond acceptors (Lipinski definition) is 2. The molecule has 0 heterocycles. The molecule has 0 radical (unpaired) electrons. The summed E-state index contributed by atoms with van der Waals surface area (Å²) >= 11 is 6.06. The van der Waals surface area contributed by atoms with E-state index in [0.29, 0.717) is 23.7 Å². The highest BCUT2D eigenvalue weighted by molar-refractivity contribution is 6.31. The van der Waals surface area contributed by atoms with Crippen molar-refractivity contribution in [2.24, 2.45) is 0 Å². The number of amides is 1. The van der Waals surface area contributed by atoms with E-state index >= 15 is 0 Å². The number of carboxylic acid groups (broad SMARTS) is 1. The zero-order valence-corrected chi connectivity index (χ0v) is 13.3. The number of carbonyl (C=O) groups excluding carboxylic acids is 1. The summed E-state index contributed by atoms with van der Waals surface area (Å²) in [5.74, 6) is -2.06. The Morgan fingerprint density at radius 3 is 2.24 bits per heavy atom. The first-order valence-corrected chi connectivity index (χ1v) is 7.64. The predicted molar refractivity (Wildman–Crippen MR) is 83.6 cm³/mol. The van der Waals surface area contributed by atoms with E-state index in [2.05, 4.69) is 0 Å². The molecule has 1 N–H and O–H groups in total. The Labute approximate surface area is 130 Å². The molecule has 1 aromatic carbocycles. The minimum absolute atomic E-state index is 0.0565. The summed E-state index contributed by atoms with van der Waals surface area (Å²) in [4.78, 5) is 25.6. The van der Waals surface area contributed by atoms with Gasteiger partial charge < -0.3 is 10.0 Å². The molecule has 1 atom stereocenters. The van der Waals surface area contributed by atoms with Crippen LogP contribution in [-0.4, -0.2) is 35.0 Å². The predicted octanol–water partition coefficient (Wildman–Crippen LogP) is 3.55. The van der Waals surface area contributed by atoms with Crippen LogP contribution in [0.25, 0.3) is 0 Å². The summed E-state index contributed by atoms with van der Waals surface area (Å²) in [5.41, 5.74) is 0.493. The Balaban J connectivity index is 2.91. The lowest BCUT2D eigenvalue weighted by molar-refractivity contribution is -0.142. The Morgan fingerprint density at radius 1 is 1.19 bits per heavy atom. The van der Waals surface area contributed by atoms with Gasteiger partial charge >= 0.3 is 5.97 Å². The second kappa shape index (κ2) is 8.67. The van der Waals surface area contributed by atoms with E-state index in [0.717, 1.165) is 12.8 Å². The fourth-order valence-electron chi connectivity index (χ4n) is 2.29. The minimum Gasteiger partial charge on any atom is -0.481 e. The number of aliphatic carboxylic acids is 1. The maximum absolute atomic E-state index is 12.3. The van der Waals surface area contributed by atoms with Crippen LogP contribution in [0.2, 0.25) is 5.02 Å². The smallest absolute Gasteiger partial charge is 0.311 e. The summed E-state index contributed by atoms with van der Waals surface area (Å²) in [6, 6.07) is 6.79.